The molecule has 0 spiro atoms. The Hall–Kier alpha value is -3.00. The molecule has 9 heteroatoms. The molecule has 2 aromatic carbocycles. The van der Waals surface area contributed by atoms with Crippen LogP contribution in [0.4, 0.5) is 20.3 Å². The molecule has 6 nitrogen and oxygen atoms in total. The van der Waals surface area contributed by atoms with Crippen LogP contribution in [0.3, 0.4) is 0 Å². The molecule has 2 N–H and O–H groups in total. The van der Waals surface area contributed by atoms with Crippen LogP contribution < -0.4 is 10.2 Å². The van der Waals surface area contributed by atoms with E-state index in [1.165, 1.54) is 6.07 Å². The van der Waals surface area contributed by atoms with Gasteiger partial charge >= 0.3 is 5.97 Å². The molecule has 0 aliphatic carbocycles. The fraction of sp³-hybridized carbons (Fsp3) is 0.348. The predicted octanol–water partition coefficient (Wildman–Crippen LogP) is 5.70. The number of hydrogen-bond donors (Lipinski definition) is 2. The number of aromatic carboxylic acids is 1. The number of rotatable bonds is 5. The van der Waals surface area contributed by atoms with Crippen molar-refractivity contribution in [2.45, 2.75) is 38.7 Å². The van der Waals surface area contributed by atoms with Gasteiger partial charge in [-0.15, -0.1) is 0 Å². The van der Waals surface area contributed by atoms with Gasteiger partial charge < -0.3 is 15.3 Å². The van der Waals surface area contributed by atoms with Gasteiger partial charge in [0.25, 0.3) is 5.92 Å². The Morgan fingerprint density at radius 2 is 1.91 bits per heavy atom. The molecule has 1 aromatic heterocycles. The molecule has 4 rings (SSSR count). The lowest BCUT2D eigenvalue weighted by Gasteiger charge is -2.33. The highest BCUT2D eigenvalue weighted by Crippen LogP contribution is 2.35. The third-order valence-electron chi connectivity index (χ3n) is 5.67. The Labute approximate surface area is 189 Å². The van der Waals surface area contributed by atoms with E-state index in [1.54, 1.807) is 23.1 Å². The number of carbonyl (C=O) groups is 1. The van der Waals surface area contributed by atoms with Gasteiger partial charge in [-0.1, -0.05) is 29.8 Å². The summed E-state index contributed by atoms with van der Waals surface area (Å²) in [6, 6.07) is 10.2. The van der Waals surface area contributed by atoms with E-state index in [1.807, 2.05) is 26.0 Å². The summed E-state index contributed by atoms with van der Waals surface area (Å²) in [6.45, 7) is 4.13. The van der Waals surface area contributed by atoms with E-state index in [4.69, 9.17) is 16.6 Å². The molecular weight excluding hydrogens is 438 g/mol. The third kappa shape index (κ3) is 4.46. The van der Waals surface area contributed by atoms with Gasteiger partial charge in [0.05, 0.1) is 22.6 Å². The lowest BCUT2D eigenvalue weighted by molar-refractivity contribution is -0.0221. The van der Waals surface area contributed by atoms with Crippen molar-refractivity contribution in [3.05, 3.63) is 58.2 Å². The van der Waals surface area contributed by atoms with Crippen molar-refractivity contribution in [1.82, 2.24) is 9.97 Å². The van der Waals surface area contributed by atoms with E-state index in [2.05, 4.69) is 10.3 Å². The van der Waals surface area contributed by atoms with Gasteiger partial charge in [-0.2, -0.15) is 0 Å². The van der Waals surface area contributed by atoms with Gasteiger partial charge in [0.2, 0.25) is 0 Å². The SMILES string of the molecule is Cc1cc(C(C)Nc2ccccc2C(=O)O)c2nc(N3CCC(F)(F)CC3)c(Cl)nc2c1. The second-order valence-electron chi connectivity index (χ2n) is 8.12. The van der Waals surface area contributed by atoms with Crippen molar-refractivity contribution >= 4 is 40.1 Å². The Bertz CT molecular complexity index is 1180. The number of piperidine rings is 1. The zero-order valence-corrected chi connectivity index (χ0v) is 18.5. The van der Waals surface area contributed by atoms with Crippen molar-refractivity contribution in [3.8, 4) is 0 Å². The summed E-state index contributed by atoms with van der Waals surface area (Å²) < 4.78 is 27.2. The highest BCUT2D eigenvalue weighted by atomic mass is 35.5. The average molecular weight is 461 g/mol. The number of anilines is 2. The molecule has 0 radical (unpaired) electrons. The van der Waals surface area contributed by atoms with Crippen molar-refractivity contribution in [2.75, 3.05) is 23.3 Å². The fourth-order valence-electron chi connectivity index (χ4n) is 3.99. The maximum absolute atomic E-state index is 13.6. The predicted molar refractivity (Wildman–Crippen MR) is 121 cm³/mol. The normalized spacial score (nSPS) is 16.7. The van der Waals surface area contributed by atoms with Gasteiger partial charge in [0, 0.05) is 37.2 Å². The third-order valence-corrected chi connectivity index (χ3v) is 5.93. The van der Waals surface area contributed by atoms with Crippen molar-refractivity contribution in [2.24, 2.45) is 0 Å². The first kappa shape index (κ1) is 22.2. The Morgan fingerprint density at radius 1 is 1.22 bits per heavy atom. The number of carboxylic acids is 1. The van der Waals surface area contributed by atoms with Crippen LogP contribution in [0.5, 0.6) is 0 Å². The van der Waals surface area contributed by atoms with E-state index >= 15 is 0 Å². The summed E-state index contributed by atoms with van der Waals surface area (Å²) >= 11 is 6.39. The highest BCUT2D eigenvalue weighted by Gasteiger charge is 2.35. The Balaban J connectivity index is 1.73. The molecule has 2 heterocycles. The number of halogens is 3. The van der Waals surface area contributed by atoms with E-state index in [-0.39, 0.29) is 42.7 Å². The summed E-state index contributed by atoms with van der Waals surface area (Å²) in [6.07, 6.45) is -0.512. The van der Waals surface area contributed by atoms with Gasteiger partial charge in [-0.3, -0.25) is 0 Å². The summed E-state index contributed by atoms with van der Waals surface area (Å²) in [4.78, 5) is 22.6. The first-order valence-electron chi connectivity index (χ1n) is 10.3. The molecule has 1 fully saturated rings. The van der Waals surface area contributed by atoms with Crippen LogP contribution in [0.15, 0.2) is 36.4 Å². The monoisotopic (exact) mass is 460 g/mol. The lowest BCUT2D eigenvalue weighted by atomic mass is 10.0. The van der Waals surface area contributed by atoms with Crippen molar-refractivity contribution in [1.29, 1.82) is 0 Å². The molecular formula is C23H23ClF2N4O2. The standard InChI is InChI=1S/C23H23ClF2N4O2/c1-13-11-16(14(2)27-17-6-4-3-5-15(17)22(31)32)19-18(12-13)28-20(24)21(29-19)30-9-7-23(25,26)8-10-30/h3-6,11-12,14,27H,7-10H2,1-2H3,(H,31,32). The molecule has 0 amide bonds. The number of alkyl halides is 2. The molecule has 1 aliphatic rings. The molecule has 0 saturated carbocycles. The molecule has 3 aromatic rings. The van der Waals surface area contributed by atoms with Gasteiger partial charge in [0.1, 0.15) is 0 Å². The number of aryl methyl sites for hydroxylation is 1. The summed E-state index contributed by atoms with van der Waals surface area (Å²) in [7, 11) is 0. The van der Waals surface area contributed by atoms with Crippen LogP contribution in [0.1, 0.15) is 47.3 Å². The number of hydrogen-bond acceptors (Lipinski definition) is 5. The number of nitrogens with zero attached hydrogens (tertiary/aromatic N) is 3. The van der Waals surface area contributed by atoms with E-state index < -0.39 is 11.9 Å². The van der Waals surface area contributed by atoms with E-state index in [0.717, 1.165) is 11.1 Å². The maximum Gasteiger partial charge on any atom is 0.337 e. The Kier molecular flexibility index (Phi) is 5.90. The molecule has 1 saturated heterocycles. The first-order chi connectivity index (χ1) is 15.1. The second-order valence-corrected chi connectivity index (χ2v) is 8.48. The van der Waals surface area contributed by atoms with Crippen molar-refractivity contribution < 1.29 is 18.7 Å². The summed E-state index contributed by atoms with van der Waals surface area (Å²) in [5.41, 5.74) is 3.61. The van der Waals surface area contributed by atoms with Crippen LogP contribution in [0.2, 0.25) is 5.15 Å². The number of nitrogens with one attached hydrogen (secondary N) is 1. The average Bonchev–Trinajstić information content (AvgIpc) is 2.73. The minimum Gasteiger partial charge on any atom is -0.478 e. The number of aromatic nitrogens is 2. The highest BCUT2D eigenvalue weighted by molar-refractivity contribution is 6.32. The van der Waals surface area contributed by atoms with E-state index in [9.17, 15) is 18.7 Å². The molecule has 1 aliphatic heterocycles. The lowest BCUT2D eigenvalue weighted by Crippen LogP contribution is -2.40. The van der Waals surface area contributed by atoms with Crippen LogP contribution in [0, 0.1) is 6.92 Å². The van der Waals surface area contributed by atoms with Crippen LogP contribution >= 0.6 is 11.6 Å². The molecule has 32 heavy (non-hydrogen) atoms. The van der Waals surface area contributed by atoms with Crippen molar-refractivity contribution in [3.63, 3.8) is 0 Å². The number of fused-ring (bicyclic) bond motifs is 1. The molecule has 0 bridgehead atoms. The van der Waals surface area contributed by atoms with Gasteiger partial charge in [-0.25, -0.2) is 23.5 Å². The minimum atomic E-state index is -2.68. The van der Waals surface area contributed by atoms with Gasteiger partial charge in [-0.05, 0) is 37.6 Å². The van der Waals surface area contributed by atoms with Crippen LogP contribution in [0.25, 0.3) is 11.0 Å². The Morgan fingerprint density at radius 3 is 2.59 bits per heavy atom. The summed E-state index contributed by atoms with van der Waals surface area (Å²) in [5.74, 6) is -3.31. The molecule has 168 valence electrons. The fourth-order valence-corrected chi connectivity index (χ4v) is 4.24. The van der Waals surface area contributed by atoms with Crippen LogP contribution in [-0.2, 0) is 0 Å². The topological polar surface area (TPSA) is 78.3 Å². The quantitative estimate of drug-likeness (QED) is 0.508. The number of carboxylic acid groups (broad SMARTS) is 1. The zero-order valence-electron chi connectivity index (χ0n) is 17.7. The molecule has 1 unspecified atom stereocenters. The van der Waals surface area contributed by atoms with E-state index in [0.29, 0.717) is 22.5 Å². The van der Waals surface area contributed by atoms with Crippen LogP contribution in [-0.4, -0.2) is 40.1 Å². The smallest absolute Gasteiger partial charge is 0.337 e. The molecule has 1 atom stereocenters. The maximum atomic E-state index is 13.6. The first-order valence-corrected chi connectivity index (χ1v) is 10.7. The zero-order chi connectivity index (χ0) is 23.0. The second kappa shape index (κ2) is 8.50. The van der Waals surface area contributed by atoms with Gasteiger partial charge in [0.15, 0.2) is 11.0 Å². The number of benzene rings is 2. The largest absolute Gasteiger partial charge is 0.478 e. The summed E-state index contributed by atoms with van der Waals surface area (Å²) in [5, 5.41) is 12.9. The minimum absolute atomic E-state index is 0.147. The number of para-hydroxylation sites is 1.